The number of nitrogens with zero attached hydrogens (tertiary/aromatic N) is 2. The number of hydrogen-bond donors (Lipinski definition) is 2. The van der Waals surface area contributed by atoms with Crippen LogP contribution >= 0.6 is 0 Å². The van der Waals surface area contributed by atoms with Crippen molar-refractivity contribution in [1.82, 2.24) is 10.2 Å². The van der Waals surface area contributed by atoms with Crippen LogP contribution in [0, 0.1) is 5.41 Å². The number of aliphatic carboxylic acids is 1. The third kappa shape index (κ3) is 4.32. The molecule has 0 radical (unpaired) electrons. The van der Waals surface area contributed by atoms with Crippen molar-refractivity contribution in [3.05, 3.63) is 60.0 Å². The number of anilines is 2. The molecule has 178 valence electrons. The van der Waals surface area contributed by atoms with E-state index in [-0.39, 0.29) is 22.9 Å². The highest BCUT2D eigenvalue weighted by Crippen LogP contribution is 2.55. The molecule has 0 amide bonds. The molecule has 1 aromatic heterocycles. The lowest BCUT2D eigenvalue weighted by Gasteiger charge is -2.53. The van der Waals surface area contributed by atoms with Crippen LogP contribution in [0.25, 0.3) is 11.1 Å². The van der Waals surface area contributed by atoms with Gasteiger partial charge in [-0.05, 0) is 54.5 Å². The first kappa shape index (κ1) is 22.6. The molecule has 2 aromatic carbocycles. The second-order valence-electron chi connectivity index (χ2n) is 10.8. The van der Waals surface area contributed by atoms with Gasteiger partial charge in [0, 0.05) is 16.5 Å². The Labute approximate surface area is 199 Å². The smallest absolute Gasteiger partial charge is 0.320 e. The van der Waals surface area contributed by atoms with Gasteiger partial charge < -0.3 is 19.6 Å². The number of carbonyl (C=O) groups is 1. The van der Waals surface area contributed by atoms with Crippen LogP contribution in [-0.2, 0) is 20.5 Å². The lowest BCUT2D eigenvalue weighted by atomic mass is 9.63. The van der Waals surface area contributed by atoms with E-state index in [4.69, 9.17) is 9.15 Å². The normalized spacial score (nSPS) is 24.2. The van der Waals surface area contributed by atoms with E-state index in [0.29, 0.717) is 18.5 Å². The predicted octanol–water partition coefficient (Wildman–Crippen LogP) is 6.04. The SMILES string of the molecule is CC(C)(C)c1nnc(Nc2ccc(-c3ccc(C45CCC(CC(=O)O)(CC4)CO5)cc3)cc2)o1. The van der Waals surface area contributed by atoms with Gasteiger partial charge in [-0.1, -0.05) is 62.3 Å². The average Bonchev–Trinajstić information content (AvgIpc) is 3.30. The quantitative estimate of drug-likeness (QED) is 0.462. The second-order valence-corrected chi connectivity index (χ2v) is 10.8. The van der Waals surface area contributed by atoms with Crippen LogP contribution in [0.4, 0.5) is 11.7 Å². The first-order valence-corrected chi connectivity index (χ1v) is 11.8. The number of hydrogen-bond acceptors (Lipinski definition) is 6. The third-order valence-corrected chi connectivity index (χ3v) is 7.25. The summed E-state index contributed by atoms with van der Waals surface area (Å²) in [7, 11) is 0. The molecule has 2 saturated heterocycles. The van der Waals surface area contributed by atoms with Gasteiger partial charge in [-0.3, -0.25) is 4.79 Å². The highest BCUT2D eigenvalue weighted by atomic mass is 16.5. The molecule has 0 unspecified atom stereocenters. The van der Waals surface area contributed by atoms with Crippen LogP contribution in [0.3, 0.4) is 0 Å². The minimum atomic E-state index is -0.727. The Morgan fingerprint density at radius 2 is 1.59 bits per heavy atom. The zero-order valence-corrected chi connectivity index (χ0v) is 19.9. The van der Waals surface area contributed by atoms with Crippen LogP contribution in [0.5, 0.6) is 0 Å². The summed E-state index contributed by atoms with van der Waals surface area (Å²) in [4.78, 5) is 11.3. The molecule has 1 saturated carbocycles. The maximum atomic E-state index is 11.3. The molecule has 7 nitrogen and oxygen atoms in total. The van der Waals surface area contributed by atoms with E-state index in [2.05, 4.69) is 51.9 Å². The molecule has 3 aromatic rings. The van der Waals surface area contributed by atoms with Crippen molar-refractivity contribution < 1.29 is 19.1 Å². The van der Waals surface area contributed by atoms with E-state index in [0.717, 1.165) is 42.5 Å². The number of carboxylic acids is 1. The van der Waals surface area contributed by atoms with Crippen molar-refractivity contribution >= 4 is 17.7 Å². The number of benzene rings is 2. The van der Waals surface area contributed by atoms with E-state index in [9.17, 15) is 9.90 Å². The van der Waals surface area contributed by atoms with Crippen LogP contribution in [-0.4, -0.2) is 27.9 Å². The molecule has 2 aliphatic heterocycles. The molecule has 3 fully saturated rings. The first-order chi connectivity index (χ1) is 16.2. The fourth-order valence-corrected chi connectivity index (χ4v) is 5.10. The fourth-order valence-electron chi connectivity index (χ4n) is 5.10. The maximum Gasteiger partial charge on any atom is 0.320 e. The second kappa shape index (κ2) is 8.24. The molecule has 7 heteroatoms. The van der Waals surface area contributed by atoms with Crippen molar-refractivity contribution in [3.63, 3.8) is 0 Å². The molecular formula is C27H31N3O4. The molecule has 0 atom stereocenters. The summed E-state index contributed by atoms with van der Waals surface area (Å²) in [6, 6.07) is 17.1. The molecule has 3 heterocycles. The summed E-state index contributed by atoms with van der Waals surface area (Å²) in [5.74, 6) is -0.131. The summed E-state index contributed by atoms with van der Waals surface area (Å²) < 4.78 is 12.0. The lowest BCUT2D eigenvalue weighted by Crippen LogP contribution is -2.50. The Morgan fingerprint density at radius 3 is 2.09 bits per heavy atom. The molecule has 1 aliphatic carbocycles. The average molecular weight is 462 g/mol. The first-order valence-electron chi connectivity index (χ1n) is 11.8. The molecule has 0 spiro atoms. The number of rotatable bonds is 6. The van der Waals surface area contributed by atoms with Crippen molar-refractivity contribution in [2.75, 3.05) is 11.9 Å². The Balaban J connectivity index is 1.25. The van der Waals surface area contributed by atoms with Crippen molar-refractivity contribution in [1.29, 1.82) is 0 Å². The minimum absolute atomic E-state index is 0.182. The lowest BCUT2D eigenvalue weighted by molar-refractivity contribution is -0.195. The van der Waals surface area contributed by atoms with Crippen LogP contribution < -0.4 is 5.32 Å². The van der Waals surface area contributed by atoms with Gasteiger partial charge in [0.15, 0.2) is 0 Å². The topological polar surface area (TPSA) is 97.5 Å². The van der Waals surface area contributed by atoms with Gasteiger partial charge in [0.25, 0.3) is 0 Å². The van der Waals surface area contributed by atoms with Crippen molar-refractivity contribution in [2.45, 2.75) is 63.9 Å². The standard InChI is InChI=1S/C27H31N3O4/c1-25(2,3)23-29-30-24(34-23)28-21-10-6-19(7-11-21)18-4-8-20(9-5-18)27-14-12-26(13-15-27,17-33-27)16-22(31)32/h4-11H,12-17H2,1-3H3,(H,28,30)(H,31,32). The highest BCUT2D eigenvalue weighted by Gasteiger charge is 2.51. The number of nitrogens with one attached hydrogen (secondary N) is 1. The van der Waals surface area contributed by atoms with Crippen LogP contribution in [0.1, 0.15) is 64.3 Å². The van der Waals surface area contributed by atoms with Gasteiger partial charge in [-0.2, -0.15) is 0 Å². The number of ether oxygens (including phenoxy) is 1. The molecule has 3 aliphatic rings. The van der Waals surface area contributed by atoms with E-state index >= 15 is 0 Å². The van der Waals surface area contributed by atoms with Crippen molar-refractivity contribution in [2.24, 2.45) is 5.41 Å². The molecule has 6 rings (SSSR count). The monoisotopic (exact) mass is 461 g/mol. The molecule has 34 heavy (non-hydrogen) atoms. The van der Waals surface area contributed by atoms with Gasteiger partial charge in [-0.25, -0.2) is 0 Å². The van der Waals surface area contributed by atoms with E-state index in [1.165, 1.54) is 5.56 Å². The fraction of sp³-hybridized carbons (Fsp3) is 0.444. The predicted molar refractivity (Wildman–Crippen MR) is 129 cm³/mol. The largest absolute Gasteiger partial charge is 0.481 e. The van der Waals surface area contributed by atoms with Crippen LogP contribution in [0.15, 0.2) is 52.9 Å². The van der Waals surface area contributed by atoms with Gasteiger partial charge in [0.05, 0.1) is 18.6 Å². The van der Waals surface area contributed by atoms with Gasteiger partial charge in [0.2, 0.25) is 5.89 Å². The summed E-state index contributed by atoms with van der Waals surface area (Å²) in [6.45, 7) is 6.63. The number of fused-ring (bicyclic) bond motifs is 3. The van der Waals surface area contributed by atoms with Gasteiger partial charge in [-0.15, -0.1) is 5.10 Å². The summed E-state index contributed by atoms with van der Waals surface area (Å²) >= 11 is 0. The molecular weight excluding hydrogens is 430 g/mol. The highest BCUT2D eigenvalue weighted by molar-refractivity contribution is 5.68. The van der Waals surface area contributed by atoms with Gasteiger partial charge >= 0.3 is 12.0 Å². The molecule has 2 bridgehead atoms. The van der Waals surface area contributed by atoms with Gasteiger partial charge in [0.1, 0.15) is 0 Å². The van der Waals surface area contributed by atoms with Crippen molar-refractivity contribution in [3.8, 4) is 11.1 Å². The van der Waals surface area contributed by atoms with E-state index in [1.54, 1.807) is 0 Å². The Bertz CT molecular complexity index is 1150. The maximum absolute atomic E-state index is 11.3. The minimum Gasteiger partial charge on any atom is -0.481 e. The number of aromatic nitrogens is 2. The molecule has 2 N–H and O–H groups in total. The Morgan fingerprint density at radius 1 is 0.971 bits per heavy atom. The zero-order valence-electron chi connectivity index (χ0n) is 19.9. The summed E-state index contributed by atoms with van der Waals surface area (Å²) in [5, 5.41) is 20.6. The summed E-state index contributed by atoms with van der Waals surface area (Å²) in [6.07, 6.45) is 3.79. The third-order valence-electron chi connectivity index (χ3n) is 7.25. The Hall–Kier alpha value is -3.19. The van der Waals surface area contributed by atoms with E-state index in [1.807, 2.05) is 32.9 Å². The van der Waals surface area contributed by atoms with E-state index < -0.39 is 5.97 Å². The Kier molecular flexibility index (Phi) is 5.47. The zero-order chi connectivity index (χ0) is 24.0. The number of carboxylic acid groups (broad SMARTS) is 1. The summed E-state index contributed by atoms with van der Waals surface area (Å²) in [5.41, 5.74) is 3.66. The van der Waals surface area contributed by atoms with Crippen LogP contribution in [0.2, 0.25) is 0 Å².